The van der Waals surface area contributed by atoms with Crippen molar-refractivity contribution in [1.82, 2.24) is 15.5 Å². The lowest BCUT2D eigenvalue weighted by atomic mass is 10.0. The normalized spacial score (nSPS) is 15.2. The largest absolute Gasteiger partial charge is 0.489 e. The van der Waals surface area contributed by atoms with Gasteiger partial charge in [0.05, 0.1) is 17.8 Å². The maximum absolute atomic E-state index is 12.0. The van der Waals surface area contributed by atoms with E-state index in [1.807, 2.05) is 38.1 Å². The van der Waals surface area contributed by atoms with Crippen LogP contribution in [0.15, 0.2) is 36.4 Å². The fraction of sp³-hybridized carbons (Fsp3) is 0.348. The number of carbonyl (C=O) groups is 1. The van der Waals surface area contributed by atoms with Crippen LogP contribution in [0, 0.1) is 0 Å². The van der Waals surface area contributed by atoms with Crippen molar-refractivity contribution in [2.45, 2.75) is 38.8 Å². The smallest absolute Gasteiger partial charge is 0.246 e. The van der Waals surface area contributed by atoms with Gasteiger partial charge in [-0.2, -0.15) is 0 Å². The molecule has 0 unspecified atom stereocenters. The number of amides is 1. The Morgan fingerprint density at radius 1 is 1.26 bits per heavy atom. The second-order valence-corrected chi connectivity index (χ2v) is 8.77. The molecule has 1 aliphatic rings. The van der Waals surface area contributed by atoms with E-state index in [1.165, 1.54) is 24.0 Å². The molecule has 3 N–H and O–H groups in total. The minimum absolute atomic E-state index is 0.00158. The highest BCUT2D eigenvalue weighted by Crippen LogP contribution is 2.40. The first-order chi connectivity index (χ1) is 15.0. The average Bonchev–Trinajstić information content (AvgIpc) is 3.37. The highest BCUT2D eigenvalue weighted by atomic mass is 32.1. The third-order valence-electron chi connectivity index (χ3n) is 5.16. The molecule has 0 bridgehead atoms. The highest BCUT2D eigenvalue weighted by molar-refractivity contribution is 7.17. The van der Waals surface area contributed by atoms with Gasteiger partial charge >= 0.3 is 0 Å². The van der Waals surface area contributed by atoms with E-state index in [-0.39, 0.29) is 24.7 Å². The first-order valence-corrected chi connectivity index (χ1v) is 11.1. The number of anilines is 1. The summed E-state index contributed by atoms with van der Waals surface area (Å²) in [4.78, 5) is 12.0. The van der Waals surface area contributed by atoms with Gasteiger partial charge < -0.3 is 20.5 Å². The molecule has 4 rings (SSSR count). The van der Waals surface area contributed by atoms with Crippen LogP contribution in [0.3, 0.4) is 0 Å². The van der Waals surface area contributed by atoms with Crippen LogP contribution in [0.25, 0.3) is 21.1 Å². The molecule has 7 nitrogen and oxygen atoms in total. The Morgan fingerprint density at radius 2 is 2.06 bits per heavy atom. The van der Waals surface area contributed by atoms with Crippen molar-refractivity contribution in [3.63, 3.8) is 0 Å². The second-order valence-electron chi connectivity index (χ2n) is 7.80. The molecule has 0 aliphatic heterocycles. The number of methoxy groups -OCH3 is 1. The Balaban J connectivity index is 1.59. The Labute approximate surface area is 185 Å². The van der Waals surface area contributed by atoms with Gasteiger partial charge in [-0.15, -0.1) is 10.2 Å². The molecule has 31 heavy (non-hydrogen) atoms. The number of nitrogen functional groups attached to an aromatic ring is 1. The Morgan fingerprint density at radius 3 is 2.81 bits per heavy atom. The lowest BCUT2D eigenvalue weighted by molar-refractivity contribution is -0.125. The average molecular weight is 439 g/mol. The van der Waals surface area contributed by atoms with Gasteiger partial charge in [-0.05, 0) is 56.0 Å². The third kappa shape index (κ3) is 4.55. The summed E-state index contributed by atoms with van der Waals surface area (Å²) in [7, 11) is 1.52. The van der Waals surface area contributed by atoms with Crippen LogP contribution in [0.5, 0.6) is 5.75 Å². The molecule has 1 aromatic heterocycles. The van der Waals surface area contributed by atoms with Crippen LogP contribution in [0.1, 0.15) is 37.4 Å². The summed E-state index contributed by atoms with van der Waals surface area (Å²) >= 11 is 1.53. The van der Waals surface area contributed by atoms with Gasteiger partial charge in [0.25, 0.3) is 0 Å². The molecule has 0 saturated heterocycles. The summed E-state index contributed by atoms with van der Waals surface area (Å²) in [6.45, 7) is 4.00. The number of hydrogen-bond acceptors (Lipinski definition) is 7. The van der Waals surface area contributed by atoms with Crippen molar-refractivity contribution in [2.75, 3.05) is 19.5 Å². The van der Waals surface area contributed by atoms with Gasteiger partial charge in [0.2, 0.25) is 5.91 Å². The number of nitrogens with two attached hydrogens (primary N) is 1. The monoisotopic (exact) mass is 438 g/mol. The number of nitrogens with one attached hydrogen (secondary N) is 1. The Kier molecular flexibility index (Phi) is 6.20. The molecule has 162 valence electrons. The molecule has 2 aromatic carbocycles. The number of nitrogens with zero attached hydrogens (tertiary/aromatic N) is 2. The fourth-order valence-corrected chi connectivity index (χ4v) is 4.76. The summed E-state index contributed by atoms with van der Waals surface area (Å²) in [5, 5.41) is 13.6. The van der Waals surface area contributed by atoms with Gasteiger partial charge in [-0.3, -0.25) is 4.79 Å². The second kappa shape index (κ2) is 9.03. The van der Waals surface area contributed by atoms with Crippen LogP contribution >= 0.6 is 11.3 Å². The van der Waals surface area contributed by atoms with Crippen LogP contribution < -0.4 is 15.8 Å². The quantitative estimate of drug-likeness (QED) is 0.541. The van der Waals surface area contributed by atoms with Crippen molar-refractivity contribution in [1.29, 1.82) is 0 Å². The first-order valence-electron chi connectivity index (χ1n) is 10.3. The molecular formula is C23H26N4O3S. The van der Waals surface area contributed by atoms with E-state index in [9.17, 15) is 4.79 Å². The SMILES string of the molecule is COCC(=O)N[C@H]1CCc2c(-c3nnc(-c4ccc(OC(C)C)c(N)c4)s3)cccc21. The third-order valence-corrected chi connectivity index (χ3v) is 6.16. The maximum atomic E-state index is 12.0. The van der Waals surface area contributed by atoms with E-state index < -0.39 is 0 Å². The lowest BCUT2D eigenvalue weighted by Gasteiger charge is -2.14. The van der Waals surface area contributed by atoms with Crippen molar-refractivity contribution in [3.8, 4) is 26.9 Å². The highest BCUT2D eigenvalue weighted by Gasteiger charge is 2.27. The predicted octanol–water partition coefficient (Wildman–Crippen LogP) is 3.99. The van der Waals surface area contributed by atoms with Gasteiger partial charge in [-0.25, -0.2) is 0 Å². The number of fused-ring (bicyclic) bond motifs is 1. The summed E-state index contributed by atoms with van der Waals surface area (Å²) < 4.78 is 10.6. The van der Waals surface area contributed by atoms with Crippen LogP contribution in [0.2, 0.25) is 0 Å². The molecule has 1 aliphatic carbocycles. The Bertz CT molecular complexity index is 1100. The van der Waals surface area contributed by atoms with E-state index >= 15 is 0 Å². The Hall–Kier alpha value is -2.97. The van der Waals surface area contributed by atoms with Crippen molar-refractivity contribution < 1.29 is 14.3 Å². The minimum atomic E-state index is -0.105. The molecular weight excluding hydrogens is 412 g/mol. The molecule has 1 heterocycles. The molecule has 1 amide bonds. The van der Waals surface area contributed by atoms with E-state index in [0.29, 0.717) is 11.4 Å². The molecule has 8 heteroatoms. The van der Waals surface area contributed by atoms with Crippen molar-refractivity contribution in [3.05, 3.63) is 47.5 Å². The number of aromatic nitrogens is 2. The molecule has 3 aromatic rings. The number of benzene rings is 2. The molecule has 0 radical (unpaired) electrons. The number of ether oxygens (including phenoxy) is 2. The van der Waals surface area contributed by atoms with Crippen molar-refractivity contribution >= 4 is 22.9 Å². The predicted molar refractivity (Wildman–Crippen MR) is 122 cm³/mol. The minimum Gasteiger partial charge on any atom is -0.489 e. The number of hydrogen-bond donors (Lipinski definition) is 2. The summed E-state index contributed by atoms with van der Waals surface area (Å²) in [5.41, 5.74) is 11.1. The van der Waals surface area contributed by atoms with Crippen molar-refractivity contribution in [2.24, 2.45) is 0 Å². The summed E-state index contributed by atoms with van der Waals surface area (Å²) in [5.74, 6) is 0.567. The van der Waals surface area contributed by atoms with Gasteiger partial charge in [0.15, 0.2) is 0 Å². The zero-order valence-corrected chi connectivity index (χ0v) is 18.7. The zero-order valence-electron chi connectivity index (χ0n) is 17.8. The van der Waals surface area contributed by atoms with E-state index in [1.54, 1.807) is 0 Å². The fourth-order valence-electron chi connectivity index (χ4n) is 3.86. The topological polar surface area (TPSA) is 99.4 Å². The molecule has 0 saturated carbocycles. The molecule has 0 fully saturated rings. The van der Waals surface area contributed by atoms with E-state index in [4.69, 9.17) is 15.2 Å². The number of carbonyl (C=O) groups excluding carboxylic acids is 1. The number of rotatable bonds is 7. The maximum Gasteiger partial charge on any atom is 0.246 e. The van der Waals surface area contributed by atoms with Crippen LogP contribution in [0.4, 0.5) is 5.69 Å². The van der Waals surface area contributed by atoms with Gasteiger partial charge in [-0.1, -0.05) is 29.5 Å². The zero-order chi connectivity index (χ0) is 22.0. The lowest BCUT2D eigenvalue weighted by Crippen LogP contribution is -2.30. The van der Waals surface area contributed by atoms with Crippen LogP contribution in [-0.4, -0.2) is 35.9 Å². The van der Waals surface area contributed by atoms with E-state index in [2.05, 4.69) is 27.6 Å². The molecule has 1 atom stereocenters. The standard InChI is InChI=1S/C23H26N4O3S/c1-13(2)30-20-10-7-14(11-18(20)24)22-26-27-23(31-22)17-6-4-5-16-15(17)8-9-19(16)25-21(28)12-29-3/h4-7,10-11,13,19H,8-9,12,24H2,1-3H3,(H,25,28)/t19-/m0/s1. The van der Waals surface area contributed by atoms with Crippen LogP contribution in [-0.2, 0) is 16.0 Å². The van der Waals surface area contributed by atoms with E-state index in [0.717, 1.165) is 39.5 Å². The van der Waals surface area contributed by atoms with Gasteiger partial charge in [0.1, 0.15) is 22.4 Å². The molecule has 0 spiro atoms. The summed E-state index contributed by atoms with van der Waals surface area (Å²) in [6, 6.07) is 11.8. The van der Waals surface area contributed by atoms with Gasteiger partial charge in [0, 0.05) is 18.2 Å². The first kappa shape index (κ1) is 21.3. The summed E-state index contributed by atoms with van der Waals surface area (Å²) in [6.07, 6.45) is 1.80.